The zero-order valence-electron chi connectivity index (χ0n) is 13.6. The number of rotatable bonds is 3. The second kappa shape index (κ2) is 5.89. The van der Waals surface area contributed by atoms with Crippen LogP contribution in [0.3, 0.4) is 0 Å². The summed E-state index contributed by atoms with van der Waals surface area (Å²) in [7, 11) is 3.09. The molecule has 0 spiro atoms. The molecule has 3 aromatic rings. The van der Waals surface area contributed by atoms with Crippen molar-refractivity contribution in [2.24, 2.45) is 0 Å². The largest absolute Gasteiger partial charge is 0.493 e. The minimum atomic E-state index is -0.453. The molecule has 4 rings (SSSR count). The van der Waals surface area contributed by atoms with Crippen molar-refractivity contribution in [2.75, 3.05) is 19.5 Å². The fourth-order valence-corrected chi connectivity index (χ4v) is 3.97. The Labute approximate surface area is 146 Å². The lowest BCUT2D eigenvalue weighted by Crippen LogP contribution is -2.32. The number of methoxy groups -OCH3 is 2. The van der Waals surface area contributed by atoms with Gasteiger partial charge in [0.25, 0.3) is 5.56 Å². The maximum Gasteiger partial charge on any atom is 0.279 e. The SMILES string of the molecule is COc1cccc([C@@H]2CC(=O)Nc3c2c(=O)nc2sccn32)c1OC. The van der Waals surface area contributed by atoms with E-state index in [9.17, 15) is 9.59 Å². The number of fused-ring (bicyclic) bond motifs is 3. The molecular weight excluding hydrogens is 342 g/mol. The third-order valence-electron chi connectivity index (χ3n) is 4.32. The molecular formula is C17H15N3O4S. The summed E-state index contributed by atoms with van der Waals surface area (Å²) in [5, 5.41) is 4.64. The molecule has 0 saturated heterocycles. The molecule has 1 aliphatic heterocycles. The lowest BCUT2D eigenvalue weighted by molar-refractivity contribution is -0.116. The van der Waals surface area contributed by atoms with Crippen LogP contribution >= 0.6 is 11.3 Å². The Morgan fingerprint density at radius 2 is 2.12 bits per heavy atom. The van der Waals surface area contributed by atoms with E-state index >= 15 is 0 Å². The molecule has 0 saturated carbocycles. The van der Waals surface area contributed by atoms with Crippen LogP contribution in [0.1, 0.15) is 23.5 Å². The van der Waals surface area contributed by atoms with Gasteiger partial charge < -0.3 is 14.8 Å². The summed E-state index contributed by atoms with van der Waals surface area (Å²) in [5.41, 5.74) is 0.849. The average Bonchev–Trinajstić information content (AvgIpc) is 3.08. The van der Waals surface area contributed by atoms with E-state index in [4.69, 9.17) is 9.47 Å². The van der Waals surface area contributed by atoms with E-state index in [1.165, 1.54) is 11.3 Å². The zero-order valence-corrected chi connectivity index (χ0v) is 14.4. The molecule has 1 aromatic carbocycles. The Bertz CT molecular complexity index is 1040. The number of hydrogen-bond acceptors (Lipinski definition) is 6. The van der Waals surface area contributed by atoms with Crippen molar-refractivity contribution >= 4 is 28.0 Å². The molecule has 128 valence electrons. The number of aromatic nitrogens is 2. The smallest absolute Gasteiger partial charge is 0.279 e. The minimum absolute atomic E-state index is 0.143. The Morgan fingerprint density at radius 3 is 2.88 bits per heavy atom. The van der Waals surface area contributed by atoms with Crippen molar-refractivity contribution in [1.82, 2.24) is 9.38 Å². The third kappa shape index (κ3) is 2.37. The topological polar surface area (TPSA) is 81.9 Å². The Kier molecular flexibility index (Phi) is 3.69. The molecule has 8 heteroatoms. The quantitative estimate of drug-likeness (QED) is 0.777. The van der Waals surface area contributed by atoms with Gasteiger partial charge in [0.05, 0.1) is 19.8 Å². The van der Waals surface area contributed by atoms with Gasteiger partial charge in [0, 0.05) is 29.5 Å². The number of carbonyl (C=O) groups excluding carboxylic acids is 1. The lowest BCUT2D eigenvalue weighted by atomic mass is 9.86. The average molecular weight is 357 g/mol. The van der Waals surface area contributed by atoms with Crippen LogP contribution in [0.5, 0.6) is 11.5 Å². The molecule has 25 heavy (non-hydrogen) atoms. The standard InChI is InChI=1S/C17H15N3O4S/c1-23-11-5-3-4-9(14(11)24-2)10-8-12(21)18-15-13(10)16(22)19-17-20(15)6-7-25-17/h3-7,10H,8H2,1-2H3,(H,18,21)/t10-/m0/s1. The molecule has 0 aliphatic carbocycles. The summed E-state index contributed by atoms with van der Waals surface area (Å²) < 4.78 is 12.6. The number of anilines is 1. The van der Waals surface area contributed by atoms with Crippen LogP contribution in [0.4, 0.5) is 5.82 Å². The first-order valence-electron chi connectivity index (χ1n) is 7.64. The summed E-state index contributed by atoms with van der Waals surface area (Å²) in [4.78, 5) is 29.7. The molecule has 1 N–H and O–H groups in total. The Hall–Kier alpha value is -2.87. The van der Waals surface area contributed by atoms with Crippen molar-refractivity contribution < 1.29 is 14.3 Å². The summed E-state index contributed by atoms with van der Waals surface area (Å²) in [6, 6.07) is 5.44. The minimum Gasteiger partial charge on any atom is -0.493 e. The highest BCUT2D eigenvalue weighted by Crippen LogP contribution is 2.42. The number of nitrogens with zero attached hydrogens (tertiary/aromatic N) is 2. The van der Waals surface area contributed by atoms with E-state index in [-0.39, 0.29) is 17.9 Å². The van der Waals surface area contributed by atoms with E-state index in [0.29, 0.717) is 27.8 Å². The molecule has 1 atom stereocenters. The van der Waals surface area contributed by atoms with Gasteiger partial charge in [0.2, 0.25) is 5.91 Å². The van der Waals surface area contributed by atoms with Crippen LogP contribution < -0.4 is 20.3 Å². The van der Waals surface area contributed by atoms with Gasteiger partial charge >= 0.3 is 0 Å². The predicted octanol–water partition coefficient (Wildman–Crippen LogP) is 2.25. The highest BCUT2D eigenvalue weighted by atomic mass is 32.1. The summed E-state index contributed by atoms with van der Waals surface area (Å²) in [5.74, 6) is 0.934. The molecule has 7 nitrogen and oxygen atoms in total. The molecule has 1 aliphatic rings. The first-order chi connectivity index (χ1) is 12.1. The molecule has 0 bridgehead atoms. The zero-order chi connectivity index (χ0) is 17.6. The van der Waals surface area contributed by atoms with Crippen LogP contribution in [-0.4, -0.2) is 29.5 Å². The molecule has 3 heterocycles. The van der Waals surface area contributed by atoms with E-state index < -0.39 is 5.92 Å². The van der Waals surface area contributed by atoms with Crippen LogP contribution in [-0.2, 0) is 4.79 Å². The summed E-state index contributed by atoms with van der Waals surface area (Å²) >= 11 is 1.34. The maximum absolute atomic E-state index is 12.7. The van der Waals surface area contributed by atoms with Gasteiger partial charge in [0.15, 0.2) is 16.5 Å². The van der Waals surface area contributed by atoms with Crippen molar-refractivity contribution in [1.29, 1.82) is 0 Å². The summed E-state index contributed by atoms with van der Waals surface area (Å²) in [6.07, 6.45) is 1.93. The van der Waals surface area contributed by atoms with Gasteiger partial charge in [0.1, 0.15) is 5.82 Å². The number of amides is 1. The van der Waals surface area contributed by atoms with Gasteiger partial charge in [-0.3, -0.25) is 14.0 Å². The van der Waals surface area contributed by atoms with Crippen LogP contribution in [0.15, 0.2) is 34.6 Å². The van der Waals surface area contributed by atoms with Gasteiger partial charge in [-0.05, 0) is 6.07 Å². The fraction of sp³-hybridized carbons (Fsp3) is 0.235. The van der Waals surface area contributed by atoms with Crippen molar-refractivity contribution in [2.45, 2.75) is 12.3 Å². The van der Waals surface area contributed by atoms with E-state index in [2.05, 4.69) is 10.3 Å². The van der Waals surface area contributed by atoms with Gasteiger partial charge in [-0.1, -0.05) is 12.1 Å². The lowest BCUT2D eigenvalue weighted by Gasteiger charge is -2.26. The first-order valence-corrected chi connectivity index (χ1v) is 8.52. The first kappa shape index (κ1) is 15.6. The maximum atomic E-state index is 12.7. The number of ether oxygens (including phenoxy) is 2. The number of hydrogen-bond donors (Lipinski definition) is 1. The normalized spacial score (nSPS) is 16.4. The number of para-hydroxylation sites is 1. The molecule has 1 amide bonds. The number of carbonyl (C=O) groups is 1. The predicted molar refractivity (Wildman–Crippen MR) is 94.0 cm³/mol. The Balaban J connectivity index is 2.00. The van der Waals surface area contributed by atoms with E-state index in [1.807, 2.05) is 17.5 Å². The van der Waals surface area contributed by atoms with Crippen LogP contribution in [0, 0.1) is 0 Å². The number of benzene rings is 1. The van der Waals surface area contributed by atoms with Crippen LogP contribution in [0.2, 0.25) is 0 Å². The number of thiazole rings is 1. The molecule has 0 fully saturated rings. The van der Waals surface area contributed by atoms with Crippen LogP contribution in [0.25, 0.3) is 4.96 Å². The van der Waals surface area contributed by atoms with Crippen molar-refractivity contribution in [3.05, 3.63) is 51.3 Å². The van der Waals surface area contributed by atoms with Gasteiger partial charge in [-0.25, -0.2) is 0 Å². The van der Waals surface area contributed by atoms with Gasteiger partial charge in [-0.2, -0.15) is 4.98 Å². The second-order valence-corrected chi connectivity index (χ2v) is 6.50. The second-order valence-electron chi connectivity index (χ2n) is 5.62. The highest BCUT2D eigenvalue weighted by Gasteiger charge is 2.34. The Morgan fingerprint density at radius 1 is 1.28 bits per heavy atom. The van der Waals surface area contributed by atoms with E-state index in [1.54, 1.807) is 30.9 Å². The number of nitrogens with one attached hydrogen (secondary N) is 1. The monoisotopic (exact) mass is 357 g/mol. The van der Waals surface area contributed by atoms with Gasteiger partial charge in [-0.15, -0.1) is 11.3 Å². The third-order valence-corrected chi connectivity index (χ3v) is 5.07. The highest BCUT2D eigenvalue weighted by molar-refractivity contribution is 7.15. The summed E-state index contributed by atoms with van der Waals surface area (Å²) in [6.45, 7) is 0. The molecule has 0 radical (unpaired) electrons. The molecule has 0 unspecified atom stereocenters. The molecule has 2 aromatic heterocycles. The van der Waals surface area contributed by atoms with E-state index in [0.717, 1.165) is 5.56 Å². The van der Waals surface area contributed by atoms with Crippen molar-refractivity contribution in [3.8, 4) is 11.5 Å². The van der Waals surface area contributed by atoms with Crippen molar-refractivity contribution in [3.63, 3.8) is 0 Å². The fourth-order valence-electron chi connectivity index (χ4n) is 3.27.